The molecule has 1 aliphatic rings. The molecule has 0 saturated carbocycles. The summed E-state index contributed by atoms with van der Waals surface area (Å²) in [6.07, 6.45) is -2.27. The molecule has 5 nitrogen and oxygen atoms in total. The smallest absolute Gasteiger partial charge is 0.416 e. The topological polar surface area (TPSA) is 58.6 Å². The lowest BCUT2D eigenvalue weighted by Gasteiger charge is -2.32. The molecule has 9 heteroatoms. The van der Waals surface area contributed by atoms with Gasteiger partial charge in [0, 0.05) is 11.6 Å². The quantitative estimate of drug-likeness (QED) is 0.784. The minimum Gasteiger partial charge on any atom is -0.496 e. The maximum Gasteiger partial charge on any atom is 0.416 e. The average molecular weight is 428 g/mol. The first kappa shape index (κ1) is 21.4. The SMILES string of the molecule is COc1ccc(NS(=O)(=O)c2ccc(C(F)(F)F)cc2)c2c1C[C@@H](N(C)C)CC2. The van der Waals surface area contributed by atoms with Gasteiger partial charge in [-0.1, -0.05) is 0 Å². The van der Waals surface area contributed by atoms with E-state index in [1.54, 1.807) is 19.2 Å². The largest absolute Gasteiger partial charge is 0.496 e. The van der Waals surface area contributed by atoms with Gasteiger partial charge in [0.2, 0.25) is 0 Å². The van der Waals surface area contributed by atoms with E-state index in [1.807, 2.05) is 14.1 Å². The number of hydrogen-bond donors (Lipinski definition) is 1. The number of anilines is 1. The Hall–Kier alpha value is -2.26. The molecule has 0 radical (unpaired) electrons. The number of ether oxygens (including phenoxy) is 1. The maximum absolute atomic E-state index is 12.7. The van der Waals surface area contributed by atoms with Crippen LogP contribution in [0.2, 0.25) is 0 Å². The van der Waals surface area contributed by atoms with Crippen molar-refractivity contribution in [2.75, 3.05) is 25.9 Å². The van der Waals surface area contributed by atoms with Crippen molar-refractivity contribution in [3.63, 3.8) is 0 Å². The zero-order chi connectivity index (χ0) is 21.4. The van der Waals surface area contributed by atoms with Crippen LogP contribution in [0.4, 0.5) is 18.9 Å². The van der Waals surface area contributed by atoms with E-state index in [4.69, 9.17) is 4.74 Å². The van der Waals surface area contributed by atoms with Gasteiger partial charge in [0.25, 0.3) is 10.0 Å². The van der Waals surface area contributed by atoms with E-state index < -0.39 is 21.8 Å². The molecule has 0 fully saturated rings. The minimum absolute atomic E-state index is 0.225. The Morgan fingerprint density at radius 3 is 2.28 bits per heavy atom. The van der Waals surface area contributed by atoms with Crippen LogP contribution in [0.5, 0.6) is 5.75 Å². The second-order valence-corrected chi connectivity index (χ2v) is 8.94. The first-order chi connectivity index (χ1) is 13.5. The molecule has 0 heterocycles. The molecule has 0 saturated heterocycles. The van der Waals surface area contributed by atoms with Crippen LogP contribution in [0.3, 0.4) is 0 Å². The molecule has 1 atom stereocenters. The molecule has 2 aromatic carbocycles. The maximum atomic E-state index is 12.7. The van der Waals surface area contributed by atoms with Gasteiger partial charge in [0.15, 0.2) is 0 Å². The molecule has 0 bridgehead atoms. The van der Waals surface area contributed by atoms with Crippen molar-refractivity contribution in [2.24, 2.45) is 0 Å². The van der Waals surface area contributed by atoms with Gasteiger partial charge in [-0.15, -0.1) is 0 Å². The van der Waals surface area contributed by atoms with Crippen LogP contribution < -0.4 is 9.46 Å². The van der Waals surface area contributed by atoms with Gasteiger partial charge < -0.3 is 9.64 Å². The summed E-state index contributed by atoms with van der Waals surface area (Å²) in [4.78, 5) is 1.90. The van der Waals surface area contributed by atoms with Crippen LogP contribution in [0.25, 0.3) is 0 Å². The first-order valence-corrected chi connectivity index (χ1v) is 10.6. The minimum atomic E-state index is -4.52. The van der Waals surface area contributed by atoms with Crippen molar-refractivity contribution < 1.29 is 26.3 Å². The molecule has 2 aromatic rings. The number of halogens is 3. The lowest BCUT2D eigenvalue weighted by Crippen LogP contribution is -2.34. The summed E-state index contributed by atoms with van der Waals surface area (Å²) in [7, 11) is 1.54. The summed E-state index contributed by atoms with van der Waals surface area (Å²) in [5, 5.41) is 0. The molecule has 0 unspecified atom stereocenters. The number of sulfonamides is 1. The van der Waals surface area contributed by atoms with Gasteiger partial charge in [0.1, 0.15) is 5.75 Å². The van der Waals surface area contributed by atoms with Gasteiger partial charge >= 0.3 is 6.18 Å². The van der Waals surface area contributed by atoms with E-state index >= 15 is 0 Å². The summed E-state index contributed by atoms with van der Waals surface area (Å²) < 4.78 is 71.7. The Bertz CT molecular complexity index is 987. The zero-order valence-corrected chi connectivity index (χ0v) is 17.2. The zero-order valence-electron chi connectivity index (χ0n) is 16.4. The fraction of sp³-hybridized carbons (Fsp3) is 0.400. The number of methoxy groups -OCH3 is 1. The van der Waals surface area contributed by atoms with Crippen molar-refractivity contribution in [3.05, 3.63) is 53.1 Å². The van der Waals surface area contributed by atoms with Crippen LogP contribution in [0.1, 0.15) is 23.1 Å². The Morgan fingerprint density at radius 1 is 1.07 bits per heavy atom. The highest BCUT2D eigenvalue weighted by atomic mass is 32.2. The van der Waals surface area contributed by atoms with E-state index in [1.165, 1.54) is 0 Å². The Balaban J connectivity index is 1.93. The molecular formula is C20H23F3N2O3S. The third kappa shape index (κ3) is 4.51. The Morgan fingerprint density at radius 2 is 1.72 bits per heavy atom. The van der Waals surface area contributed by atoms with Crippen molar-refractivity contribution in [2.45, 2.75) is 36.4 Å². The van der Waals surface area contributed by atoms with Crippen molar-refractivity contribution in [3.8, 4) is 5.75 Å². The molecule has 158 valence electrons. The lowest BCUT2D eigenvalue weighted by molar-refractivity contribution is -0.137. The molecule has 29 heavy (non-hydrogen) atoms. The number of benzene rings is 2. The molecular weight excluding hydrogens is 405 g/mol. The number of likely N-dealkylation sites (N-methyl/N-ethyl adjacent to an activating group) is 1. The van der Waals surface area contributed by atoms with E-state index in [0.717, 1.165) is 48.2 Å². The average Bonchev–Trinajstić information content (AvgIpc) is 2.67. The predicted octanol–water partition coefficient (Wildman–Crippen LogP) is 3.93. The van der Waals surface area contributed by atoms with Crippen LogP contribution >= 0.6 is 0 Å². The highest BCUT2D eigenvalue weighted by molar-refractivity contribution is 7.92. The van der Waals surface area contributed by atoms with Crippen molar-refractivity contribution in [1.82, 2.24) is 4.90 Å². The van der Waals surface area contributed by atoms with Crippen molar-refractivity contribution >= 4 is 15.7 Å². The highest BCUT2D eigenvalue weighted by Gasteiger charge is 2.31. The molecule has 1 N–H and O–H groups in total. The standard InChI is InChI=1S/C20H23F3N2O3S/c1-25(2)14-6-9-16-17(12-14)19(28-3)11-10-18(16)24-29(26,27)15-7-4-13(5-8-15)20(21,22)23/h4-5,7-8,10-11,14,24H,6,9,12H2,1-3H3/t14-/m0/s1. The van der Waals surface area contributed by atoms with Gasteiger partial charge in [-0.05, 0) is 75.3 Å². The van der Waals surface area contributed by atoms with E-state index in [9.17, 15) is 21.6 Å². The van der Waals surface area contributed by atoms with Gasteiger partial charge in [-0.2, -0.15) is 13.2 Å². The number of nitrogens with one attached hydrogen (secondary N) is 1. The van der Waals surface area contributed by atoms with Gasteiger partial charge in [-0.3, -0.25) is 4.72 Å². The van der Waals surface area contributed by atoms with E-state index in [0.29, 0.717) is 23.9 Å². The molecule has 0 spiro atoms. The number of fused-ring (bicyclic) bond motifs is 1. The van der Waals surface area contributed by atoms with Crippen LogP contribution in [-0.4, -0.2) is 40.6 Å². The monoisotopic (exact) mass is 428 g/mol. The van der Waals surface area contributed by atoms with Gasteiger partial charge in [0.05, 0.1) is 23.3 Å². The number of hydrogen-bond acceptors (Lipinski definition) is 4. The molecule has 0 aliphatic heterocycles. The number of rotatable bonds is 5. The Kier molecular flexibility index (Phi) is 5.82. The third-order valence-electron chi connectivity index (χ3n) is 5.24. The van der Waals surface area contributed by atoms with Crippen LogP contribution in [0.15, 0.2) is 41.3 Å². The molecule has 3 rings (SSSR count). The fourth-order valence-corrected chi connectivity index (χ4v) is 4.68. The van der Waals surface area contributed by atoms with Crippen LogP contribution in [0, 0.1) is 0 Å². The number of alkyl halides is 3. The summed E-state index contributed by atoms with van der Waals surface area (Å²) in [5.41, 5.74) is 1.34. The van der Waals surface area contributed by atoms with Crippen molar-refractivity contribution in [1.29, 1.82) is 0 Å². The normalized spacial score (nSPS) is 17.1. The summed E-state index contributed by atoms with van der Waals surface area (Å²) >= 11 is 0. The summed E-state index contributed by atoms with van der Waals surface area (Å²) in [5.74, 6) is 0.698. The van der Waals surface area contributed by atoms with Crippen LogP contribution in [-0.2, 0) is 29.0 Å². The summed E-state index contributed by atoms with van der Waals surface area (Å²) in [6, 6.07) is 7.11. The second-order valence-electron chi connectivity index (χ2n) is 7.26. The molecule has 1 aliphatic carbocycles. The van der Waals surface area contributed by atoms with E-state index in [2.05, 4.69) is 9.62 Å². The van der Waals surface area contributed by atoms with E-state index in [-0.39, 0.29) is 4.90 Å². The predicted molar refractivity (Wildman–Crippen MR) is 105 cm³/mol. The number of nitrogens with zero attached hydrogens (tertiary/aromatic N) is 1. The third-order valence-corrected chi connectivity index (χ3v) is 6.62. The van der Waals surface area contributed by atoms with Gasteiger partial charge in [-0.25, -0.2) is 8.42 Å². The lowest BCUT2D eigenvalue weighted by atomic mass is 9.86. The fourth-order valence-electron chi connectivity index (χ4n) is 3.58. The molecule has 0 amide bonds. The summed E-state index contributed by atoms with van der Waals surface area (Å²) in [6.45, 7) is 0. The second kappa shape index (κ2) is 7.87. The Labute approximate surface area is 168 Å². The highest BCUT2D eigenvalue weighted by Crippen LogP contribution is 2.37. The first-order valence-electron chi connectivity index (χ1n) is 9.08. The molecule has 0 aromatic heterocycles.